The Morgan fingerprint density at radius 1 is 1.17 bits per heavy atom. The number of aliphatic hydroxyl groups excluding tert-OH is 1. The van der Waals surface area contributed by atoms with E-state index < -0.39 is 41.1 Å². The van der Waals surface area contributed by atoms with Gasteiger partial charge in [0.05, 0.1) is 23.5 Å². The van der Waals surface area contributed by atoms with Crippen LogP contribution in [-0.2, 0) is 9.59 Å². The number of nitrogens with one attached hydrogen (secondary N) is 2. The molecule has 0 aliphatic carbocycles. The Balaban J connectivity index is 1.27. The molecule has 6 rings (SSSR count). The number of thioether (sulfide) groups is 1. The van der Waals surface area contributed by atoms with Gasteiger partial charge in [0.1, 0.15) is 10.3 Å². The van der Waals surface area contributed by atoms with E-state index in [1.807, 2.05) is 0 Å². The van der Waals surface area contributed by atoms with Gasteiger partial charge in [-0.1, -0.05) is 42.6 Å². The fourth-order valence-corrected chi connectivity index (χ4v) is 6.83. The standard InChI is InChI=1S/C29H25F2N5O4S/c1-2-22(38)35-13-16(12-18(37)14-35)33-27(39)26-25-23-21(9-10-32-28(23)41-26)36(29(40)34-25)17-6-3-5-15(11-17)19-7-4-8-20(30)24(19)31/h2-11,16,18,25-26,37H,1,12-14H2,(H,33,39)(H,34,40)/t16-,18+,25?,26?/m1/s1. The highest BCUT2D eigenvalue weighted by Crippen LogP contribution is 2.50. The summed E-state index contributed by atoms with van der Waals surface area (Å²) in [6, 6.07) is 10.5. The van der Waals surface area contributed by atoms with E-state index in [1.54, 1.807) is 36.5 Å². The second-order valence-electron chi connectivity index (χ2n) is 10.0. The second-order valence-corrected chi connectivity index (χ2v) is 11.2. The predicted octanol–water partition coefficient (Wildman–Crippen LogP) is 3.67. The van der Waals surface area contributed by atoms with E-state index in [4.69, 9.17) is 0 Å². The third-order valence-electron chi connectivity index (χ3n) is 7.39. The molecule has 3 aromatic rings. The van der Waals surface area contributed by atoms with E-state index in [2.05, 4.69) is 22.2 Å². The predicted molar refractivity (Wildman–Crippen MR) is 148 cm³/mol. The van der Waals surface area contributed by atoms with Gasteiger partial charge in [-0.3, -0.25) is 14.5 Å². The normalized spacial score (nSPS) is 23.0. The van der Waals surface area contributed by atoms with Crippen LogP contribution in [0.5, 0.6) is 0 Å². The largest absolute Gasteiger partial charge is 0.391 e. The lowest BCUT2D eigenvalue weighted by atomic mass is 9.98. The Morgan fingerprint density at radius 2 is 1.98 bits per heavy atom. The van der Waals surface area contributed by atoms with Gasteiger partial charge < -0.3 is 20.6 Å². The Bertz CT molecular complexity index is 1590. The highest BCUT2D eigenvalue weighted by molar-refractivity contribution is 8.01. The van der Waals surface area contributed by atoms with Crippen LogP contribution in [0, 0.1) is 11.6 Å². The van der Waals surface area contributed by atoms with Gasteiger partial charge in [0.15, 0.2) is 11.6 Å². The van der Waals surface area contributed by atoms with Crippen LogP contribution in [0.2, 0.25) is 0 Å². The molecule has 2 unspecified atom stereocenters. The maximum atomic E-state index is 14.5. The fourth-order valence-electron chi connectivity index (χ4n) is 5.59. The van der Waals surface area contributed by atoms with Crippen molar-refractivity contribution in [3.63, 3.8) is 0 Å². The number of carbonyl (C=O) groups excluding carboxylic acids is 3. The van der Waals surface area contributed by atoms with Crippen LogP contribution < -0.4 is 15.5 Å². The summed E-state index contributed by atoms with van der Waals surface area (Å²) in [7, 11) is 0. The van der Waals surface area contributed by atoms with Gasteiger partial charge in [-0.25, -0.2) is 18.6 Å². The first-order valence-corrected chi connectivity index (χ1v) is 13.8. The van der Waals surface area contributed by atoms with Crippen molar-refractivity contribution in [1.82, 2.24) is 20.5 Å². The number of rotatable bonds is 5. The number of aromatic nitrogens is 1. The molecule has 0 bridgehead atoms. The molecule has 2 aromatic carbocycles. The molecular formula is C29H25F2N5O4S. The number of hydrogen-bond acceptors (Lipinski definition) is 6. The first-order chi connectivity index (χ1) is 19.7. The molecule has 41 heavy (non-hydrogen) atoms. The van der Waals surface area contributed by atoms with Gasteiger partial charge in [0.25, 0.3) is 0 Å². The number of piperidine rings is 1. The zero-order valence-corrected chi connectivity index (χ0v) is 22.4. The summed E-state index contributed by atoms with van der Waals surface area (Å²) in [6.07, 6.45) is 2.21. The number of nitrogens with zero attached hydrogens (tertiary/aromatic N) is 3. The van der Waals surface area contributed by atoms with Gasteiger partial charge in [0.2, 0.25) is 11.8 Å². The molecule has 4 heterocycles. The molecule has 1 aromatic heterocycles. The number of pyridine rings is 1. The van der Waals surface area contributed by atoms with Crippen molar-refractivity contribution >= 4 is 41.0 Å². The molecule has 3 aliphatic rings. The number of aliphatic hydroxyl groups is 1. The van der Waals surface area contributed by atoms with Gasteiger partial charge in [-0.15, -0.1) is 0 Å². The highest BCUT2D eigenvalue weighted by atomic mass is 32.2. The average molecular weight is 578 g/mol. The minimum absolute atomic E-state index is 0.0654. The van der Waals surface area contributed by atoms with E-state index in [0.29, 0.717) is 27.5 Å². The van der Waals surface area contributed by atoms with Crippen LogP contribution in [-0.4, -0.2) is 63.3 Å². The third kappa shape index (κ3) is 4.82. The maximum absolute atomic E-state index is 14.5. The Hall–Kier alpha value is -4.29. The van der Waals surface area contributed by atoms with E-state index in [0.717, 1.165) is 6.07 Å². The third-order valence-corrected chi connectivity index (χ3v) is 8.68. The number of benzene rings is 2. The zero-order valence-electron chi connectivity index (χ0n) is 21.6. The molecular weight excluding hydrogens is 552 g/mol. The fraction of sp³-hybridized carbons (Fsp3) is 0.241. The van der Waals surface area contributed by atoms with Crippen LogP contribution in [0.3, 0.4) is 0 Å². The number of urea groups is 1. The summed E-state index contributed by atoms with van der Waals surface area (Å²) >= 11 is 1.22. The van der Waals surface area contributed by atoms with Crippen molar-refractivity contribution in [2.24, 2.45) is 0 Å². The Kier molecular flexibility index (Phi) is 6.96. The van der Waals surface area contributed by atoms with E-state index in [9.17, 15) is 28.3 Å². The molecule has 4 amide bonds. The molecule has 0 spiro atoms. The van der Waals surface area contributed by atoms with E-state index >= 15 is 0 Å². The minimum Gasteiger partial charge on any atom is -0.391 e. The Morgan fingerprint density at radius 3 is 2.78 bits per heavy atom. The minimum atomic E-state index is -0.981. The van der Waals surface area contributed by atoms with Crippen LogP contribution in [0.1, 0.15) is 18.0 Å². The SMILES string of the molecule is C=CC(=O)N1C[C@@H](O)C[C@@H](NC(=O)C2Sc3nccc4c3C2NC(=O)N4c2cccc(-c3cccc(F)c3F)c2)C1. The van der Waals surface area contributed by atoms with Crippen molar-refractivity contribution in [3.8, 4) is 11.1 Å². The average Bonchev–Trinajstić information content (AvgIpc) is 3.33. The number of anilines is 2. The summed E-state index contributed by atoms with van der Waals surface area (Å²) in [5, 5.41) is 15.9. The van der Waals surface area contributed by atoms with Gasteiger partial charge in [-0.05, 0) is 42.3 Å². The monoisotopic (exact) mass is 577 g/mol. The molecule has 4 atom stereocenters. The van der Waals surface area contributed by atoms with E-state index in [1.165, 1.54) is 39.8 Å². The molecule has 0 radical (unpaired) electrons. The maximum Gasteiger partial charge on any atom is 0.327 e. The van der Waals surface area contributed by atoms with Crippen LogP contribution >= 0.6 is 11.8 Å². The summed E-state index contributed by atoms with van der Waals surface area (Å²) in [5.74, 6) is -2.64. The lowest BCUT2D eigenvalue weighted by Gasteiger charge is -2.37. The molecule has 3 aliphatic heterocycles. The molecule has 3 N–H and O–H groups in total. The smallest absolute Gasteiger partial charge is 0.327 e. The van der Waals surface area contributed by atoms with Gasteiger partial charge in [0, 0.05) is 36.5 Å². The summed E-state index contributed by atoms with van der Waals surface area (Å²) < 4.78 is 28.4. The Labute approximate surface area is 238 Å². The number of halogens is 2. The van der Waals surface area contributed by atoms with E-state index in [-0.39, 0.29) is 36.9 Å². The summed E-state index contributed by atoms with van der Waals surface area (Å²) in [6.45, 7) is 3.88. The number of β-amino-alcohol motifs (C(OH)–C–C–N with tert-alkyl or cyclic N) is 1. The van der Waals surface area contributed by atoms with Crippen molar-refractivity contribution in [3.05, 3.63) is 84.6 Å². The number of hydrogen-bond donors (Lipinski definition) is 3. The van der Waals surface area contributed by atoms with Crippen molar-refractivity contribution in [2.45, 2.75) is 34.9 Å². The topological polar surface area (TPSA) is 115 Å². The number of amides is 4. The zero-order chi connectivity index (χ0) is 28.8. The van der Waals surface area contributed by atoms with Crippen LogP contribution in [0.15, 0.2) is 72.4 Å². The van der Waals surface area contributed by atoms with Crippen LogP contribution in [0.4, 0.5) is 25.0 Å². The molecule has 0 saturated carbocycles. The van der Waals surface area contributed by atoms with Gasteiger partial charge in [-0.2, -0.15) is 0 Å². The molecule has 210 valence electrons. The van der Waals surface area contributed by atoms with Crippen LogP contribution in [0.25, 0.3) is 11.1 Å². The highest BCUT2D eigenvalue weighted by Gasteiger charge is 2.47. The second kappa shape index (κ2) is 10.6. The molecule has 12 heteroatoms. The molecule has 1 fully saturated rings. The van der Waals surface area contributed by atoms with Crippen molar-refractivity contribution < 1.29 is 28.3 Å². The lowest BCUT2D eigenvalue weighted by Crippen LogP contribution is -2.56. The first kappa shape index (κ1) is 26.9. The summed E-state index contributed by atoms with van der Waals surface area (Å²) in [4.78, 5) is 46.4. The first-order valence-electron chi connectivity index (χ1n) is 13.0. The summed E-state index contributed by atoms with van der Waals surface area (Å²) in [5.41, 5.74) is 2.09. The van der Waals surface area contributed by atoms with Crippen molar-refractivity contribution in [2.75, 3.05) is 18.0 Å². The van der Waals surface area contributed by atoms with Crippen molar-refractivity contribution in [1.29, 1.82) is 0 Å². The lowest BCUT2D eigenvalue weighted by molar-refractivity contribution is -0.131. The molecule has 9 nitrogen and oxygen atoms in total. The molecule has 1 saturated heterocycles. The quantitative estimate of drug-likeness (QED) is 0.399. The van der Waals surface area contributed by atoms with Gasteiger partial charge >= 0.3 is 6.03 Å². The number of carbonyl (C=O) groups is 3. The number of likely N-dealkylation sites (tertiary alicyclic amines) is 1.